The van der Waals surface area contributed by atoms with E-state index in [2.05, 4.69) is 10.2 Å². The van der Waals surface area contributed by atoms with Crippen molar-refractivity contribution in [3.63, 3.8) is 0 Å². The van der Waals surface area contributed by atoms with Gasteiger partial charge in [0.25, 0.3) is 0 Å². The summed E-state index contributed by atoms with van der Waals surface area (Å²) in [5.74, 6) is -0.0154. The molecule has 0 heterocycles. The van der Waals surface area contributed by atoms with Crippen molar-refractivity contribution >= 4 is 17.2 Å². The zero-order chi connectivity index (χ0) is 14.3. The van der Waals surface area contributed by atoms with Gasteiger partial charge in [0.2, 0.25) is 0 Å². The molecule has 1 rings (SSSR count). The van der Waals surface area contributed by atoms with Gasteiger partial charge in [0.1, 0.15) is 0 Å². The molecule has 0 radical (unpaired) electrons. The summed E-state index contributed by atoms with van der Waals surface area (Å²) in [6.45, 7) is 4.87. The smallest absolute Gasteiger partial charge is 0.161 e. The van der Waals surface area contributed by atoms with Crippen LogP contribution in [0.1, 0.15) is 17.3 Å². The van der Waals surface area contributed by atoms with Gasteiger partial charge < -0.3 is 20.7 Å². The number of nitrogens with one attached hydrogen (secondary N) is 1. The van der Waals surface area contributed by atoms with Crippen molar-refractivity contribution < 1.29 is 9.53 Å². The molecule has 0 fully saturated rings. The number of methoxy groups -OCH3 is 1. The molecular weight excluding hydrogens is 242 g/mol. The number of nitrogen functional groups attached to an aromatic ring is 1. The number of ketones is 1. The lowest BCUT2D eigenvalue weighted by atomic mass is 10.1. The van der Waals surface area contributed by atoms with Crippen LogP contribution in [0.4, 0.5) is 11.4 Å². The van der Waals surface area contributed by atoms with Gasteiger partial charge in [0.15, 0.2) is 5.78 Å². The van der Waals surface area contributed by atoms with Crippen molar-refractivity contribution in [3.8, 4) is 0 Å². The third-order valence-corrected chi connectivity index (χ3v) is 2.93. The Hall–Kier alpha value is -1.59. The molecule has 5 nitrogen and oxygen atoms in total. The number of benzene rings is 1. The van der Waals surface area contributed by atoms with Gasteiger partial charge in [-0.3, -0.25) is 4.79 Å². The van der Waals surface area contributed by atoms with E-state index in [1.165, 1.54) is 6.92 Å². The fourth-order valence-electron chi connectivity index (χ4n) is 1.72. The highest BCUT2D eigenvalue weighted by atomic mass is 16.5. The molecule has 0 saturated carbocycles. The molecule has 1 aromatic carbocycles. The van der Waals surface area contributed by atoms with E-state index in [-0.39, 0.29) is 5.78 Å². The van der Waals surface area contributed by atoms with E-state index in [9.17, 15) is 4.79 Å². The van der Waals surface area contributed by atoms with E-state index < -0.39 is 0 Å². The highest BCUT2D eigenvalue weighted by molar-refractivity contribution is 5.99. The van der Waals surface area contributed by atoms with Crippen LogP contribution in [0.25, 0.3) is 0 Å². The second-order valence-corrected chi connectivity index (χ2v) is 4.58. The van der Waals surface area contributed by atoms with Gasteiger partial charge >= 0.3 is 0 Å². The number of Topliss-reactive ketones (excluding diaryl/α,β-unsaturated/α-hetero) is 1. The lowest BCUT2D eigenvalue weighted by Crippen LogP contribution is -2.28. The fraction of sp³-hybridized carbons (Fsp3) is 0.500. The van der Waals surface area contributed by atoms with Gasteiger partial charge in [0.05, 0.1) is 6.61 Å². The van der Waals surface area contributed by atoms with Crippen LogP contribution in [0, 0.1) is 0 Å². The molecule has 0 bridgehead atoms. The second-order valence-electron chi connectivity index (χ2n) is 4.58. The molecular formula is C14H23N3O2. The third-order valence-electron chi connectivity index (χ3n) is 2.93. The van der Waals surface area contributed by atoms with Gasteiger partial charge in [0, 0.05) is 43.7 Å². The Labute approximate surface area is 114 Å². The SMILES string of the molecule is COCCN(C)CCNc1ccc(N)c(C(C)=O)c1. The van der Waals surface area contributed by atoms with Crippen LogP contribution in [0.15, 0.2) is 18.2 Å². The standard InChI is InChI=1S/C14H23N3O2/c1-11(18)13-10-12(4-5-14(13)15)16-6-7-17(2)8-9-19-3/h4-5,10,16H,6-9,15H2,1-3H3. The normalized spacial score (nSPS) is 10.7. The summed E-state index contributed by atoms with van der Waals surface area (Å²) < 4.78 is 5.02. The molecule has 0 aliphatic carbocycles. The summed E-state index contributed by atoms with van der Waals surface area (Å²) >= 11 is 0. The second kappa shape index (κ2) is 7.76. The Bertz CT molecular complexity index is 421. The average Bonchev–Trinajstić information content (AvgIpc) is 2.38. The number of anilines is 2. The fourth-order valence-corrected chi connectivity index (χ4v) is 1.72. The third kappa shape index (κ3) is 5.28. The van der Waals surface area contributed by atoms with Crippen molar-refractivity contribution in [2.75, 3.05) is 51.4 Å². The summed E-state index contributed by atoms with van der Waals surface area (Å²) in [5, 5.41) is 3.28. The monoisotopic (exact) mass is 265 g/mol. The number of hydrogen-bond donors (Lipinski definition) is 2. The van der Waals surface area contributed by atoms with Crippen LogP contribution in [-0.2, 0) is 4.74 Å². The Kier molecular flexibility index (Phi) is 6.32. The summed E-state index contributed by atoms with van der Waals surface area (Å²) in [4.78, 5) is 13.6. The van der Waals surface area contributed by atoms with Crippen LogP contribution < -0.4 is 11.1 Å². The molecule has 0 spiro atoms. The lowest BCUT2D eigenvalue weighted by Gasteiger charge is -2.17. The van der Waals surface area contributed by atoms with Gasteiger partial charge in [-0.15, -0.1) is 0 Å². The molecule has 0 amide bonds. The molecule has 0 aliphatic heterocycles. The predicted molar refractivity (Wildman–Crippen MR) is 78.7 cm³/mol. The molecule has 0 unspecified atom stereocenters. The molecule has 0 aliphatic rings. The molecule has 0 aromatic heterocycles. The van der Waals surface area contributed by atoms with E-state index in [0.717, 1.165) is 31.9 Å². The first-order valence-corrected chi connectivity index (χ1v) is 6.36. The topological polar surface area (TPSA) is 67.6 Å². The molecule has 5 heteroatoms. The van der Waals surface area contributed by atoms with E-state index in [1.807, 2.05) is 13.1 Å². The van der Waals surface area contributed by atoms with Crippen LogP contribution in [0.5, 0.6) is 0 Å². The highest BCUT2D eigenvalue weighted by Crippen LogP contribution is 2.18. The van der Waals surface area contributed by atoms with Crippen molar-refractivity contribution in [1.82, 2.24) is 4.90 Å². The van der Waals surface area contributed by atoms with Gasteiger partial charge in [-0.25, -0.2) is 0 Å². The Morgan fingerprint density at radius 3 is 2.79 bits per heavy atom. The highest BCUT2D eigenvalue weighted by Gasteiger charge is 2.05. The Balaban J connectivity index is 2.45. The van der Waals surface area contributed by atoms with E-state index in [1.54, 1.807) is 19.2 Å². The minimum absolute atomic E-state index is 0.0154. The zero-order valence-electron chi connectivity index (χ0n) is 11.9. The number of nitrogens with zero attached hydrogens (tertiary/aromatic N) is 1. The number of carbonyl (C=O) groups is 1. The van der Waals surface area contributed by atoms with Crippen LogP contribution in [0.2, 0.25) is 0 Å². The first-order chi connectivity index (χ1) is 9.04. The largest absolute Gasteiger partial charge is 0.398 e. The summed E-state index contributed by atoms with van der Waals surface area (Å²) in [6.07, 6.45) is 0. The number of hydrogen-bond acceptors (Lipinski definition) is 5. The molecule has 19 heavy (non-hydrogen) atoms. The maximum atomic E-state index is 11.4. The quantitative estimate of drug-likeness (QED) is 0.550. The zero-order valence-corrected chi connectivity index (χ0v) is 11.9. The number of nitrogens with two attached hydrogens (primary N) is 1. The molecule has 0 atom stereocenters. The maximum Gasteiger partial charge on any atom is 0.161 e. The molecule has 3 N–H and O–H groups in total. The molecule has 106 valence electrons. The van der Waals surface area contributed by atoms with Gasteiger partial charge in [-0.2, -0.15) is 0 Å². The van der Waals surface area contributed by atoms with Gasteiger partial charge in [-0.05, 0) is 32.2 Å². The van der Waals surface area contributed by atoms with Crippen molar-refractivity contribution in [2.45, 2.75) is 6.92 Å². The molecule has 1 aromatic rings. The van der Waals surface area contributed by atoms with Crippen molar-refractivity contribution in [3.05, 3.63) is 23.8 Å². The van der Waals surface area contributed by atoms with Crippen LogP contribution in [-0.4, -0.2) is 51.1 Å². The summed E-state index contributed by atoms with van der Waals surface area (Å²) in [5.41, 5.74) is 7.76. The first kappa shape index (κ1) is 15.5. The van der Waals surface area contributed by atoms with E-state index >= 15 is 0 Å². The van der Waals surface area contributed by atoms with Crippen molar-refractivity contribution in [1.29, 1.82) is 0 Å². The van der Waals surface area contributed by atoms with Crippen LogP contribution >= 0.6 is 0 Å². The number of likely N-dealkylation sites (N-methyl/N-ethyl adjacent to an activating group) is 1. The minimum Gasteiger partial charge on any atom is -0.398 e. The average molecular weight is 265 g/mol. The Morgan fingerprint density at radius 1 is 1.42 bits per heavy atom. The first-order valence-electron chi connectivity index (χ1n) is 6.36. The predicted octanol–water partition coefficient (Wildman–Crippen LogP) is 1.46. The Morgan fingerprint density at radius 2 is 2.16 bits per heavy atom. The lowest BCUT2D eigenvalue weighted by molar-refractivity contribution is 0.101. The number of ether oxygens (including phenoxy) is 1. The summed E-state index contributed by atoms with van der Waals surface area (Å²) in [7, 11) is 3.74. The maximum absolute atomic E-state index is 11.4. The summed E-state index contributed by atoms with van der Waals surface area (Å²) in [6, 6.07) is 5.44. The van der Waals surface area contributed by atoms with Crippen molar-refractivity contribution in [2.24, 2.45) is 0 Å². The molecule has 0 saturated heterocycles. The number of carbonyl (C=O) groups excluding carboxylic acids is 1. The van der Waals surface area contributed by atoms with E-state index in [0.29, 0.717) is 11.3 Å². The van der Waals surface area contributed by atoms with E-state index in [4.69, 9.17) is 10.5 Å². The van der Waals surface area contributed by atoms with Gasteiger partial charge in [-0.1, -0.05) is 0 Å². The minimum atomic E-state index is -0.0154. The number of rotatable bonds is 8. The van der Waals surface area contributed by atoms with Crippen LogP contribution in [0.3, 0.4) is 0 Å².